The summed E-state index contributed by atoms with van der Waals surface area (Å²) in [6.07, 6.45) is 2.15. The van der Waals surface area contributed by atoms with Gasteiger partial charge in [0.1, 0.15) is 0 Å². The Balaban J connectivity index is 2.77. The summed E-state index contributed by atoms with van der Waals surface area (Å²) in [5.41, 5.74) is 5.44. The van der Waals surface area contributed by atoms with Crippen LogP contribution in [-0.4, -0.2) is 12.6 Å². The highest BCUT2D eigenvalue weighted by Gasteiger charge is 2.10. The maximum Gasteiger partial charge on any atom is 0.0144 e. The third-order valence-corrected chi connectivity index (χ3v) is 3.06. The van der Waals surface area contributed by atoms with Gasteiger partial charge in [0.05, 0.1) is 0 Å². The van der Waals surface area contributed by atoms with Crippen molar-refractivity contribution in [2.24, 2.45) is 0 Å². The number of hydrogen-bond acceptors (Lipinski definition) is 1. The molecule has 1 aromatic rings. The van der Waals surface area contributed by atoms with Crippen LogP contribution in [0, 0.1) is 13.8 Å². The van der Waals surface area contributed by atoms with E-state index < -0.39 is 0 Å². The molecule has 0 radical (unpaired) electrons. The van der Waals surface area contributed by atoms with Gasteiger partial charge in [0.25, 0.3) is 0 Å². The first-order chi connectivity index (χ1) is 8.02. The van der Waals surface area contributed by atoms with Crippen LogP contribution < -0.4 is 5.32 Å². The van der Waals surface area contributed by atoms with Crippen LogP contribution in [0.2, 0.25) is 0 Å². The molecule has 1 nitrogen and oxygen atoms in total. The van der Waals surface area contributed by atoms with Gasteiger partial charge in [0.2, 0.25) is 0 Å². The molecule has 1 rings (SSSR count). The van der Waals surface area contributed by atoms with Crippen LogP contribution in [0.25, 0.3) is 0 Å². The summed E-state index contributed by atoms with van der Waals surface area (Å²) in [6.45, 7) is 13.7. The third kappa shape index (κ3) is 4.74. The van der Waals surface area contributed by atoms with Gasteiger partial charge in [-0.25, -0.2) is 0 Å². The highest BCUT2D eigenvalue weighted by atomic mass is 14.9. The number of likely N-dealkylation sites (N-methyl/N-ethyl adjacent to an activating group) is 1. The molecule has 1 heteroatoms. The molecule has 0 amide bonds. The fourth-order valence-electron chi connectivity index (χ4n) is 2.21. The second-order valence-electron chi connectivity index (χ2n) is 5.05. The molecule has 0 bridgehead atoms. The molecule has 0 aliphatic heterocycles. The number of hydrogen-bond donors (Lipinski definition) is 1. The van der Waals surface area contributed by atoms with E-state index in [1.807, 2.05) is 0 Å². The van der Waals surface area contributed by atoms with E-state index in [2.05, 4.69) is 57.8 Å². The minimum absolute atomic E-state index is 0.512. The topological polar surface area (TPSA) is 12.0 Å². The van der Waals surface area contributed by atoms with E-state index in [4.69, 9.17) is 0 Å². The number of aryl methyl sites for hydroxylation is 2. The van der Waals surface area contributed by atoms with E-state index in [0.717, 1.165) is 19.4 Å². The normalized spacial score (nSPS) is 12.5. The molecular formula is C16H25N. The van der Waals surface area contributed by atoms with Crippen molar-refractivity contribution >= 4 is 0 Å². The number of nitrogens with one attached hydrogen (secondary N) is 1. The van der Waals surface area contributed by atoms with Crippen LogP contribution in [0.5, 0.6) is 0 Å². The van der Waals surface area contributed by atoms with E-state index in [-0.39, 0.29) is 0 Å². The predicted molar refractivity (Wildman–Crippen MR) is 76.5 cm³/mol. The lowest BCUT2D eigenvalue weighted by atomic mass is 9.96. The van der Waals surface area contributed by atoms with E-state index in [1.54, 1.807) is 0 Å². The van der Waals surface area contributed by atoms with Crippen molar-refractivity contribution in [3.8, 4) is 0 Å². The molecular weight excluding hydrogens is 206 g/mol. The highest BCUT2D eigenvalue weighted by molar-refractivity contribution is 5.31. The van der Waals surface area contributed by atoms with Crippen molar-refractivity contribution in [1.29, 1.82) is 0 Å². The third-order valence-electron chi connectivity index (χ3n) is 3.06. The van der Waals surface area contributed by atoms with Crippen molar-refractivity contribution in [3.63, 3.8) is 0 Å². The van der Waals surface area contributed by atoms with Gasteiger partial charge in [0, 0.05) is 6.04 Å². The van der Waals surface area contributed by atoms with Crippen molar-refractivity contribution in [3.05, 3.63) is 47.0 Å². The lowest BCUT2D eigenvalue weighted by Crippen LogP contribution is -2.31. The number of benzene rings is 1. The molecule has 1 atom stereocenters. The zero-order chi connectivity index (χ0) is 12.8. The predicted octanol–water partition coefficient (Wildman–Crippen LogP) is 3.79. The second kappa shape index (κ2) is 6.61. The molecule has 17 heavy (non-hydrogen) atoms. The van der Waals surface area contributed by atoms with Gasteiger partial charge in [-0.1, -0.05) is 36.3 Å². The van der Waals surface area contributed by atoms with Crippen LogP contribution in [-0.2, 0) is 6.42 Å². The lowest BCUT2D eigenvalue weighted by molar-refractivity contribution is 0.519. The first-order valence-electron chi connectivity index (χ1n) is 6.46. The molecule has 0 aliphatic carbocycles. The summed E-state index contributed by atoms with van der Waals surface area (Å²) in [5, 5.41) is 3.55. The average Bonchev–Trinajstić information content (AvgIpc) is 2.23. The van der Waals surface area contributed by atoms with Gasteiger partial charge in [-0.15, -0.1) is 6.58 Å². The average molecular weight is 231 g/mol. The summed E-state index contributed by atoms with van der Waals surface area (Å²) >= 11 is 0. The minimum atomic E-state index is 0.512. The highest BCUT2D eigenvalue weighted by Crippen LogP contribution is 2.15. The molecule has 0 aromatic heterocycles. The largest absolute Gasteiger partial charge is 0.314 e. The van der Waals surface area contributed by atoms with Crippen molar-refractivity contribution < 1.29 is 0 Å². The molecule has 0 saturated heterocycles. The molecule has 0 aliphatic rings. The van der Waals surface area contributed by atoms with Gasteiger partial charge in [-0.2, -0.15) is 0 Å². The minimum Gasteiger partial charge on any atom is -0.314 e. The molecule has 0 saturated carbocycles. The van der Waals surface area contributed by atoms with E-state index >= 15 is 0 Å². The molecule has 0 fully saturated rings. The Morgan fingerprint density at radius 1 is 1.35 bits per heavy atom. The Kier molecular flexibility index (Phi) is 5.43. The maximum atomic E-state index is 4.02. The zero-order valence-corrected chi connectivity index (χ0v) is 11.6. The quantitative estimate of drug-likeness (QED) is 0.734. The summed E-state index contributed by atoms with van der Waals surface area (Å²) in [4.78, 5) is 0. The Morgan fingerprint density at radius 3 is 2.65 bits per heavy atom. The van der Waals surface area contributed by atoms with Crippen molar-refractivity contribution in [2.75, 3.05) is 6.54 Å². The maximum absolute atomic E-state index is 4.02. The lowest BCUT2D eigenvalue weighted by Gasteiger charge is -2.19. The van der Waals surface area contributed by atoms with E-state index in [0.29, 0.717) is 6.04 Å². The van der Waals surface area contributed by atoms with E-state index in [9.17, 15) is 0 Å². The van der Waals surface area contributed by atoms with Gasteiger partial charge in [0.15, 0.2) is 0 Å². The van der Waals surface area contributed by atoms with Crippen LogP contribution in [0.1, 0.15) is 37.0 Å². The fraction of sp³-hybridized carbons (Fsp3) is 0.500. The molecule has 1 unspecified atom stereocenters. The number of rotatable bonds is 6. The molecule has 94 valence electrons. The van der Waals surface area contributed by atoms with E-state index in [1.165, 1.54) is 22.3 Å². The summed E-state index contributed by atoms with van der Waals surface area (Å²) < 4.78 is 0. The van der Waals surface area contributed by atoms with Gasteiger partial charge >= 0.3 is 0 Å². The van der Waals surface area contributed by atoms with Crippen LogP contribution in [0.4, 0.5) is 0 Å². The standard InChI is InChI=1S/C16H25N/c1-6-17-16(9-12(2)3)11-15-10-13(4)7-8-14(15)5/h7-8,10,16-17H,2,6,9,11H2,1,3-5H3. The first kappa shape index (κ1) is 14.0. The van der Waals surface area contributed by atoms with Crippen molar-refractivity contribution in [1.82, 2.24) is 5.32 Å². The van der Waals surface area contributed by atoms with Crippen LogP contribution in [0.15, 0.2) is 30.4 Å². The Labute approximate surface area is 106 Å². The first-order valence-corrected chi connectivity index (χ1v) is 6.46. The Bertz CT molecular complexity index is 379. The summed E-state index contributed by atoms with van der Waals surface area (Å²) in [5.74, 6) is 0. The van der Waals surface area contributed by atoms with Gasteiger partial charge < -0.3 is 5.32 Å². The molecule has 1 aromatic carbocycles. The smallest absolute Gasteiger partial charge is 0.0144 e. The van der Waals surface area contributed by atoms with Crippen molar-refractivity contribution in [2.45, 2.75) is 46.6 Å². The SMILES string of the molecule is C=C(C)CC(Cc1cc(C)ccc1C)NCC. The second-order valence-corrected chi connectivity index (χ2v) is 5.05. The Morgan fingerprint density at radius 2 is 2.06 bits per heavy atom. The Hall–Kier alpha value is -1.08. The zero-order valence-electron chi connectivity index (χ0n) is 11.6. The fourth-order valence-corrected chi connectivity index (χ4v) is 2.21. The van der Waals surface area contributed by atoms with Crippen LogP contribution >= 0.6 is 0 Å². The van der Waals surface area contributed by atoms with Gasteiger partial charge in [-0.05, 0) is 51.3 Å². The molecule has 0 spiro atoms. The summed E-state index contributed by atoms with van der Waals surface area (Å²) in [6, 6.07) is 7.21. The van der Waals surface area contributed by atoms with Crippen LogP contribution in [0.3, 0.4) is 0 Å². The molecule has 0 heterocycles. The summed E-state index contributed by atoms with van der Waals surface area (Å²) in [7, 11) is 0. The monoisotopic (exact) mass is 231 g/mol. The molecule has 1 N–H and O–H groups in total. The van der Waals surface area contributed by atoms with Gasteiger partial charge in [-0.3, -0.25) is 0 Å².